The lowest BCUT2D eigenvalue weighted by molar-refractivity contribution is 0.0906. The van der Waals surface area contributed by atoms with Crippen molar-refractivity contribution in [2.45, 2.75) is 6.04 Å². The molecule has 1 aromatic carbocycles. The van der Waals surface area contributed by atoms with Gasteiger partial charge in [-0.15, -0.1) is 11.6 Å². The first-order valence-corrected chi connectivity index (χ1v) is 6.88. The average molecular weight is 388 g/mol. The Morgan fingerprint density at radius 3 is 2.88 bits per heavy atom. The minimum atomic E-state index is -0.205. The van der Waals surface area contributed by atoms with Crippen molar-refractivity contribution < 1.29 is 9.53 Å². The largest absolute Gasteiger partial charge is 0.383 e. The van der Waals surface area contributed by atoms with Gasteiger partial charge in [0.25, 0.3) is 5.91 Å². The predicted octanol–water partition coefficient (Wildman–Crippen LogP) is 2.93. The fourth-order valence-corrected chi connectivity index (χ4v) is 2.18. The first-order chi connectivity index (χ1) is 8.08. The number of rotatable bonds is 5. The molecule has 1 aromatic rings. The second kappa shape index (κ2) is 7.41. The smallest absolute Gasteiger partial charge is 0.252 e. The molecule has 17 heavy (non-hydrogen) atoms. The second-order valence-corrected chi connectivity index (χ2v) is 5.31. The molecule has 94 valence electrons. The van der Waals surface area contributed by atoms with Gasteiger partial charge in [-0.05, 0) is 40.8 Å². The molecule has 0 bridgehead atoms. The van der Waals surface area contributed by atoms with E-state index in [4.69, 9.17) is 27.9 Å². The fraction of sp³-hybridized carbons (Fsp3) is 0.364. The van der Waals surface area contributed by atoms with Gasteiger partial charge in [-0.2, -0.15) is 0 Å². The Labute approximate surface area is 124 Å². The first-order valence-electron chi connectivity index (χ1n) is 4.89. The van der Waals surface area contributed by atoms with E-state index < -0.39 is 0 Å². The third kappa shape index (κ3) is 4.62. The van der Waals surface area contributed by atoms with Gasteiger partial charge < -0.3 is 10.1 Å². The molecule has 3 nitrogen and oxygen atoms in total. The Balaban J connectivity index is 2.78. The van der Waals surface area contributed by atoms with Crippen LogP contribution in [0.25, 0.3) is 0 Å². The number of hydrogen-bond acceptors (Lipinski definition) is 2. The van der Waals surface area contributed by atoms with Gasteiger partial charge in [0.1, 0.15) is 0 Å². The standard InChI is InChI=1S/C11H12Cl2INO2/c1-17-6-8(5-12)15-11(16)9-4-7(13)2-3-10(9)14/h2-4,8H,5-6H2,1H3,(H,15,16). The summed E-state index contributed by atoms with van der Waals surface area (Å²) < 4.78 is 5.80. The van der Waals surface area contributed by atoms with Gasteiger partial charge in [-0.25, -0.2) is 0 Å². The van der Waals surface area contributed by atoms with Crippen molar-refractivity contribution in [1.82, 2.24) is 5.32 Å². The summed E-state index contributed by atoms with van der Waals surface area (Å²) in [5.41, 5.74) is 0.546. The van der Waals surface area contributed by atoms with E-state index in [1.54, 1.807) is 25.3 Å². The SMILES string of the molecule is COCC(CCl)NC(=O)c1cc(Cl)ccc1I. The van der Waals surface area contributed by atoms with Gasteiger partial charge in [-0.1, -0.05) is 11.6 Å². The summed E-state index contributed by atoms with van der Waals surface area (Å²) in [5, 5.41) is 3.32. The highest BCUT2D eigenvalue weighted by atomic mass is 127. The normalized spacial score (nSPS) is 12.2. The van der Waals surface area contributed by atoms with E-state index in [-0.39, 0.29) is 11.9 Å². The van der Waals surface area contributed by atoms with E-state index in [0.717, 1.165) is 3.57 Å². The van der Waals surface area contributed by atoms with Crippen LogP contribution in [-0.2, 0) is 4.74 Å². The molecule has 1 unspecified atom stereocenters. The lowest BCUT2D eigenvalue weighted by atomic mass is 10.2. The molecule has 0 saturated heterocycles. The van der Waals surface area contributed by atoms with Crippen LogP contribution in [0.4, 0.5) is 0 Å². The summed E-state index contributed by atoms with van der Waals surface area (Å²) >= 11 is 13.7. The van der Waals surface area contributed by atoms with Crippen molar-refractivity contribution >= 4 is 51.7 Å². The molecule has 1 rings (SSSR count). The molecule has 0 radical (unpaired) electrons. The molecule has 0 saturated carbocycles. The highest BCUT2D eigenvalue weighted by molar-refractivity contribution is 14.1. The Bertz CT molecular complexity index is 401. The van der Waals surface area contributed by atoms with E-state index in [1.807, 2.05) is 0 Å². The van der Waals surface area contributed by atoms with Crippen molar-refractivity contribution in [2.75, 3.05) is 19.6 Å². The number of hydrogen-bond donors (Lipinski definition) is 1. The minimum absolute atomic E-state index is 0.195. The number of amides is 1. The van der Waals surface area contributed by atoms with Crippen LogP contribution in [0.2, 0.25) is 5.02 Å². The molecule has 0 heterocycles. The molecular formula is C11H12Cl2INO2. The van der Waals surface area contributed by atoms with Crippen molar-refractivity contribution in [2.24, 2.45) is 0 Å². The molecule has 0 fully saturated rings. The van der Waals surface area contributed by atoms with Crippen LogP contribution in [0.15, 0.2) is 18.2 Å². The van der Waals surface area contributed by atoms with Gasteiger partial charge in [0.05, 0.1) is 18.2 Å². The van der Waals surface area contributed by atoms with Crippen molar-refractivity contribution in [3.8, 4) is 0 Å². The summed E-state index contributed by atoms with van der Waals surface area (Å²) in [6, 6.07) is 4.97. The zero-order valence-corrected chi connectivity index (χ0v) is 12.8. The van der Waals surface area contributed by atoms with Crippen LogP contribution in [0.1, 0.15) is 10.4 Å². The minimum Gasteiger partial charge on any atom is -0.383 e. The summed E-state index contributed by atoms with van der Waals surface area (Å²) in [4.78, 5) is 12.0. The number of carbonyl (C=O) groups is 1. The Kier molecular flexibility index (Phi) is 6.54. The maximum atomic E-state index is 12.0. The number of benzene rings is 1. The number of methoxy groups -OCH3 is 1. The van der Waals surface area contributed by atoms with Gasteiger partial charge in [0, 0.05) is 21.6 Å². The van der Waals surface area contributed by atoms with Crippen LogP contribution in [0.5, 0.6) is 0 Å². The van der Waals surface area contributed by atoms with E-state index in [0.29, 0.717) is 23.1 Å². The summed E-state index contributed by atoms with van der Waals surface area (Å²) in [6.07, 6.45) is 0. The number of alkyl halides is 1. The predicted molar refractivity (Wildman–Crippen MR) is 78.0 cm³/mol. The average Bonchev–Trinajstić information content (AvgIpc) is 2.31. The van der Waals surface area contributed by atoms with Crippen LogP contribution in [0.3, 0.4) is 0 Å². The Morgan fingerprint density at radius 2 is 2.29 bits per heavy atom. The molecule has 0 aliphatic carbocycles. The Morgan fingerprint density at radius 1 is 1.59 bits per heavy atom. The van der Waals surface area contributed by atoms with Gasteiger partial charge >= 0.3 is 0 Å². The first kappa shape index (κ1) is 15.0. The molecule has 0 aliphatic rings. The van der Waals surface area contributed by atoms with E-state index in [9.17, 15) is 4.79 Å². The quantitative estimate of drug-likeness (QED) is 0.623. The molecule has 0 aliphatic heterocycles. The van der Waals surface area contributed by atoms with Crippen LogP contribution in [0, 0.1) is 3.57 Å². The highest BCUT2D eigenvalue weighted by Gasteiger charge is 2.15. The molecule has 1 N–H and O–H groups in total. The van der Waals surface area contributed by atoms with Gasteiger partial charge in [-0.3, -0.25) is 4.79 Å². The van der Waals surface area contributed by atoms with Gasteiger partial charge in [0.2, 0.25) is 0 Å². The number of nitrogens with one attached hydrogen (secondary N) is 1. The van der Waals surface area contributed by atoms with Crippen LogP contribution in [-0.4, -0.2) is 31.5 Å². The second-order valence-electron chi connectivity index (χ2n) is 3.40. The maximum absolute atomic E-state index is 12.0. The van der Waals surface area contributed by atoms with E-state index >= 15 is 0 Å². The summed E-state index contributed by atoms with van der Waals surface area (Å²) in [5.74, 6) is 0.107. The molecule has 0 spiro atoms. The van der Waals surface area contributed by atoms with Crippen molar-refractivity contribution in [3.05, 3.63) is 32.4 Å². The molecule has 1 amide bonds. The van der Waals surface area contributed by atoms with Crippen molar-refractivity contribution in [3.63, 3.8) is 0 Å². The van der Waals surface area contributed by atoms with Gasteiger partial charge in [0.15, 0.2) is 0 Å². The lowest BCUT2D eigenvalue weighted by Crippen LogP contribution is -2.39. The fourth-order valence-electron chi connectivity index (χ4n) is 1.26. The Hall–Kier alpha value is -0.0400. The number of ether oxygens (including phenoxy) is 1. The molecular weight excluding hydrogens is 376 g/mol. The zero-order chi connectivity index (χ0) is 12.8. The monoisotopic (exact) mass is 387 g/mol. The zero-order valence-electron chi connectivity index (χ0n) is 9.17. The van der Waals surface area contributed by atoms with E-state index in [1.165, 1.54) is 0 Å². The topological polar surface area (TPSA) is 38.3 Å². The summed E-state index contributed by atoms with van der Waals surface area (Å²) in [7, 11) is 1.56. The number of carbonyl (C=O) groups excluding carboxylic acids is 1. The molecule has 6 heteroatoms. The third-order valence-electron chi connectivity index (χ3n) is 2.06. The van der Waals surface area contributed by atoms with Crippen molar-refractivity contribution in [1.29, 1.82) is 0 Å². The highest BCUT2D eigenvalue weighted by Crippen LogP contribution is 2.18. The molecule has 1 atom stereocenters. The third-order valence-corrected chi connectivity index (χ3v) is 3.61. The van der Waals surface area contributed by atoms with Crippen LogP contribution >= 0.6 is 45.8 Å². The maximum Gasteiger partial charge on any atom is 0.252 e. The number of halogens is 3. The lowest BCUT2D eigenvalue weighted by Gasteiger charge is -2.15. The molecule has 0 aromatic heterocycles. The summed E-state index contributed by atoms with van der Waals surface area (Å²) in [6.45, 7) is 0.381. The van der Waals surface area contributed by atoms with E-state index in [2.05, 4.69) is 27.9 Å². The van der Waals surface area contributed by atoms with Crippen LogP contribution < -0.4 is 5.32 Å².